The molecule has 32 nitrogen and oxygen atoms in total. The molecule has 0 aromatic carbocycles. The summed E-state index contributed by atoms with van der Waals surface area (Å²) in [4.78, 5) is 127. The summed E-state index contributed by atoms with van der Waals surface area (Å²) >= 11 is 4.80. The van der Waals surface area contributed by atoms with E-state index in [1.54, 1.807) is 76.2 Å². The molecule has 20 heterocycles. The second-order valence-corrected chi connectivity index (χ2v) is 35.6. The Morgan fingerprint density at radius 3 is 1.13 bits per heavy atom. The Morgan fingerprint density at radius 1 is 0.440 bits per heavy atom. The van der Waals surface area contributed by atoms with Crippen molar-refractivity contribution in [2.24, 2.45) is 0 Å². The Kier molecular flexibility index (Phi) is 30.0. The minimum atomic E-state index is -2.71. The van der Waals surface area contributed by atoms with E-state index in [2.05, 4.69) is 131 Å². The molecule has 0 unspecified atom stereocenters. The number of piperidine rings is 5. The third-order valence-electron chi connectivity index (χ3n) is 23.8. The number of fused-ring (bicyclic) bond motifs is 5. The summed E-state index contributed by atoms with van der Waals surface area (Å²) in [7, 11) is 0. The van der Waals surface area contributed by atoms with E-state index in [1.165, 1.54) is 12.3 Å². The number of aryl methyl sites for hydroxylation is 1. The van der Waals surface area contributed by atoms with E-state index in [1.807, 2.05) is 123 Å². The molecule has 5 fully saturated rings. The van der Waals surface area contributed by atoms with Gasteiger partial charge in [-0.1, -0.05) is 29.6 Å². The molecule has 20 rings (SSSR count). The Bertz CT molecular complexity index is 6460. The van der Waals surface area contributed by atoms with Crippen LogP contribution in [0.5, 0.6) is 0 Å². The number of rotatable bonds is 21. The first kappa shape index (κ1) is 92.1. The number of carbonyl (C=O) groups is 5. The molecule has 0 radical (unpaired) electrons. The number of amides is 5. The lowest BCUT2D eigenvalue weighted by Crippen LogP contribution is -2.45. The molecule has 5 atom stereocenters. The van der Waals surface area contributed by atoms with Gasteiger partial charge in [-0.2, -0.15) is 13.9 Å². The summed E-state index contributed by atoms with van der Waals surface area (Å²) in [5.74, 6) is 12.7. The molecular formula is C97H98F2N26O6S3. The maximum atomic E-state index is 13.0. The third kappa shape index (κ3) is 21.8. The molecule has 0 bridgehead atoms. The van der Waals surface area contributed by atoms with E-state index < -0.39 is 6.55 Å². The Hall–Kier alpha value is -15.2. The van der Waals surface area contributed by atoms with Gasteiger partial charge < -0.3 is 80.4 Å². The van der Waals surface area contributed by atoms with Crippen LogP contribution in [0.3, 0.4) is 0 Å². The van der Waals surface area contributed by atoms with Crippen molar-refractivity contribution in [1.82, 2.24) is 104 Å². The number of halogens is 2. The van der Waals surface area contributed by atoms with Crippen LogP contribution in [0.4, 0.5) is 37.2 Å². The lowest BCUT2D eigenvalue weighted by Gasteiger charge is -2.34. The number of oxazole rings is 1. The fraction of sp³-hybridized carbons (Fsp3) is 0.330. The zero-order valence-corrected chi connectivity index (χ0v) is 75.9. The van der Waals surface area contributed by atoms with E-state index in [-0.39, 0.29) is 91.8 Å². The predicted molar refractivity (Wildman–Crippen MR) is 520 cm³/mol. The molecule has 0 spiro atoms. The minimum Gasteiger partial charge on any atom is -0.444 e. The summed E-state index contributed by atoms with van der Waals surface area (Å²) < 4.78 is 32.0. The van der Waals surface area contributed by atoms with Crippen molar-refractivity contribution < 1.29 is 37.2 Å². The Morgan fingerprint density at radius 2 is 0.799 bits per heavy atom. The monoisotopic (exact) mass is 1860 g/mol. The van der Waals surface area contributed by atoms with Crippen LogP contribution in [0.2, 0.25) is 0 Å². The van der Waals surface area contributed by atoms with Crippen LogP contribution in [0.15, 0.2) is 150 Å². The molecule has 134 heavy (non-hydrogen) atoms. The van der Waals surface area contributed by atoms with Crippen LogP contribution in [0, 0.1) is 68.6 Å². The van der Waals surface area contributed by atoms with Gasteiger partial charge in [-0.05, 0) is 108 Å². The number of aromatic amines is 5. The molecule has 684 valence electrons. The number of terminal acetylenes is 5. The SMILES string of the molecule is C#CCC(=O)N1CCC[C@@H](Nc2c(-c3ccn(C(F)F)n3)cnc3[nH]ccc23)C1.C#CCC(=O)N1CCC[C@@H](Nc2c(-c3cnc(C)s3)cnc3[nH]ccc23)C1.C#CCC(=O)N1CCC[C@@H](Nc2c(-c3cscn3)cnc3[nH]ccc23)C1.C#CCC(=O)N1CCC[C@@H](Nc2c(-c3ncco3)cnc3[nH]ccc23)C1.C#CCC(=O)N1CCC[C@@H](Nc2c(-c3nccs3)cnc3[nH]ccc23)C1. The van der Waals surface area contributed by atoms with Gasteiger partial charge >= 0.3 is 6.55 Å². The maximum Gasteiger partial charge on any atom is 0.333 e. The first-order valence-electron chi connectivity index (χ1n) is 44.1. The number of H-pyrrole nitrogens is 5. The highest BCUT2D eigenvalue weighted by molar-refractivity contribution is 7.15. The average Bonchev–Trinajstić information content (AvgIpc) is 1.52. The van der Waals surface area contributed by atoms with Gasteiger partial charge in [-0.25, -0.2) is 49.5 Å². The number of nitrogens with zero attached hydrogens (tertiary/aromatic N) is 16. The quantitative estimate of drug-likeness (QED) is 0.0299. The van der Waals surface area contributed by atoms with Crippen LogP contribution in [0.1, 0.15) is 108 Å². The number of nitrogens with one attached hydrogen (secondary N) is 10. The molecule has 5 amide bonds. The van der Waals surface area contributed by atoms with Gasteiger partial charge in [0.25, 0.3) is 0 Å². The van der Waals surface area contributed by atoms with Crippen LogP contribution in [-0.2, 0) is 24.0 Å². The number of hydrogen-bond donors (Lipinski definition) is 10. The van der Waals surface area contributed by atoms with Crippen LogP contribution in [0.25, 0.3) is 110 Å². The first-order chi connectivity index (χ1) is 65.5. The van der Waals surface area contributed by atoms with Crippen LogP contribution < -0.4 is 26.6 Å². The third-order valence-corrected chi connectivity index (χ3v) is 26.2. The second kappa shape index (κ2) is 43.7. The van der Waals surface area contributed by atoms with Gasteiger partial charge in [-0.3, -0.25) is 24.0 Å². The number of anilines is 5. The average molecular weight is 1860 g/mol. The van der Waals surface area contributed by atoms with Crippen molar-refractivity contribution in [1.29, 1.82) is 0 Å². The number of aromatic nitrogens is 16. The summed E-state index contributed by atoms with van der Waals surface area (Å²) in [5, 5.41) is 32.9. The number of thiazole rings is 3. The highest BCUT2D eigenvalue weighted by Gasteiger charge is 2.33. The van der Waals surface area contributed by atoms with Crippen molar-refractivity contribution in [3.63, 3.8) is 0 Å². The smallest absolute Gasteiger partial charge is 0.333 e. The Balaban J connectivity index is 0.000000122. The number of carbonyl (C=O) groups excluding carboxylic acids is 5. The second-order valence-electron chi connectivity index (χ2n) is 32.7. The van der Waals surface area contributed by atoms with E-state index in [4.69, 9.17) is 36.5 Å². The van der Waals surface area contributed by atoms with Crippen molar-refractivity contribution in [3.05, 3.63) is 151 Å². The van der Waals surface area contributed by atoms with E-state index in [9.17, 15) is 32.8 Å². The van der Waals surface area contributed by atoms with Gasteiger partial charge in [0.05, 0.1) is 105 Å². The van der Waals surface area contributed by atoms with Gasteiger partial charge in [0, 0.05) is 231 Å². The van der Waals surface area contributed by atoms with E-state index >= 15 is 0 Å². The topological polar surface area (TPSA) is 388 Å². The van der Waals surface area contributed by atoms with Crippen molar-refractivity contribution >= 4 is 147 Å². The molecule has 5 aliphatic rings. The fourth-order valence-electron chi connectivity index (χ4n) is 17.5. The zero-order valence-electron chi connectivity index (χ0n) is 73.5. The summed E-state index contributed by atoms with van der Waals surface area (Å²) in [6, 6.07) is 12.1. The van der Waals surface area contributed by atoms with Crippen LogP contribution in [-0.4, -0.2) is 229 Å². The van der Waals surface area contributed by atoms with E-state index in [0.717, 1.165) is 211 Å². The molecular weight excluding hydrogens is 1760 g/mol. The fourth-order valence-corrected chi connectivity index (χ4v) is 19.5. The highest BCUT2D eigenvalue weighted by Crippen LogP contribution is 2.42. The number of alkyl halides is 2. The minimum absolute atomic E-state index is 0.00177. The molecule has 0 saturated carbocycles. The lowest BCUT2D eigenvalue weighted by molar-refractivity contribution is -0.131. The van der Waals surface area contributed by atoms with Gasteiger partial charge in [-0.15, -0.1) is 66.1 Å². The standard InChI is InChI=1S/C20H20F2N6O.C20H21N5OS.C19H19N5O2.2C19H19N5OS/c1-2-4-17(29)27-9-3-5-13(12-27)25-18-14-6-8-23-19(14)24-11-15(18)16-7-10-28(26-16)20(21)22;1-3-5-18(26)25-9-4-6-14(12-25)24-19-15-7-8-21-20(15)23-10-16(19)17-11-22-13(2)27-17;2*1-2-4-16(25)24-9-3-5-13(12-24)23-17-14-6-7-20-18(14)22-11-15(17)19-21-8-10-26-19;1-2-4-17(25)24-8-3-5-13(10-24)23-18-14-6-7-20-19(14)21-9-15(18)16-11-26-12-22-16/h1,6-8,10-11,13,20H,3-5,9,12H2,(H2,23,24,25);1,7-8,10-11,14H,4-6,9,12H2,2H3,(H2,21,23,24);2*1,6-8,10-11,13H,3-5,9,12H2,(H2,20,22,23);1,6-7,9,11-13H,3-5,8,10H2,(H2,20,21,23)/t13-;14-;3*13-/m11111/s1. The summed E-state index contributed by atoms with van der Waals surface area (Å²) in [6.07, 6.45) is 63.0. The summed E-state index contributed by atoms with van der Waals surface area (Å²) in [6.45, 7) is 6.17. The molecule has 5 saturated heterocycles. The Labute approximate surface area is 783 Å². The van der Waals surface area contributed by atoms with Crippen molar-refractivity contribution in [3.8, 4) is 117 Å². The predicted octanol–water partition coefficient (Wildman–Crippen LogP) is 15.5. The van der Waals surface area contributed by atoms with Gasteiger partial charge in [0.2, 0.25) is 35.4 Å². The lowest BCUT2D eigenvalue weighted by atomic mass is 10.0. The van der Waals surface area contributed by atoms with Crippen LogP contribution >= 0.6 is 34.0 Å². The van der Waals surface area contributed by atoms with Gasteiger partial charge in [0.15, 0.2) is 0 Å². The molecule has 15 aromatic rings. The van der Waals surface area contributed by atoms with Crippen molar-refractivity contribution in [2.45, 2.75) is 140 Å². The molecule has 0 aliphatic carbocycles. The number of pyridine rings is 5. The summed E-state index contributed by atoms with van der Waals surface area (Å²) in [5.41, 5.74) is 16.3. The zero-order chi connectivity index (χ0) is 93.0. The van der Waals surface area contributed by atoms with Gasteiger partial charge in [0.1, 0.15) is 39.5 Å². The number of likely N-dealkylation sites (tertiary alicyclic amines) is 5. The largest absolute Gasteiger partial charge is 0.444 e. The maximum absolute atomic E-state index is 13.0. The molecule has 37 heteroatoms. The molecule has 10 N–H and O–H groups in total. The number of hydrogen-bond acceptors (Lipinski definition) is 24. The molecule has 15 aromatic heterocycles. The highest BCUT2D eigenvalue weighted by atomic mass is 32.1. The van der Waals surface area contributed by atoms with E-state index in [0.29, 0.717) is 66.7 Å². The normalized spacial score (nSPS) is 17.1. The first-order valence-corrected chi connectivity index (χ1v) is 46.8. The molecule has 5 aliphatic heterocycles. The van der Waals surface area contributed by atoms with Crippen molar-refractivity contribution in [2.75, 3.05) is 92.0 Å².